The molecule has 0 radical (unpaired) electrons. The van der Waals surface area contributed by atoms with E-state index in [4.69, 9.17) is 16.3 Å². The first-order valence-electron chi connectivity index (χ1n) is 7.42. The van der Waals surface area contributed by atoms with E-state index in [0.717, 1.165) is 22.7 Å². The van der Waals surface area contributed by atoms with Gasteiger partial charge in [-0.1, -0.05) is 17.7 Å². The highest BCUT2D eigenvalue weighted by Gasteiger charge is 2.09. The fourth-order valence-electron chi connectivity index (χ4n) is 2.17. The molecule has 0 aliphatic heterocycles. The molecule has 0 saturated carbocycles. The standard InChI is InChI=1S/C19H14ClN3OS/c1-24-17-7-5-13(6-8-17)18-12-25-19(23-18)14(10-21)11-22-16-4-2-3-15(20)9-16/h2-9,11-12,22H,1H3/b14-11-. The minimum atomic E-state index is 0.463. The summed E-state index contributed by atoms with van der Waals surface area (Å²) in [5, 5.41) is 15.7. The maximum atomic E-state index is 9.43. The molecule has 25 heavy (non-hydrogen) atoms. The van der Waals surface area contributed by atoms with Gasteiger partial charge in [-0.15, -0.1) is 11.3 Å². The quantitative estimate of drug-likeness (QED) is 0.609. The van der Waals surface area contributed by atoms with E-state index in [1.807, 2.05) is 41.8 Å². The summed E-state index contributed by atoms with van der Waals surface area (Å²) in [5.74, 6) is 0.794. The number of thiazole rings is 1. The van der Waals surface area contributed by atoms with Gasteiger partial charge in [-0.25, -0.2) is 4.98 Å². The van der Waals surface area contributed by atoms with E-state index in [9.17, 15) is 5.26 Å². The highest BCUT2D eigenvalue weighted by molar-refractivity contribution is 7.11. The zero-order chi connectivity index (χ0) is 17.6. The summed E-state index contributed by atoms with van der Waals surface area (Å²) in [6.07, 6.45) is 1.64. The summed E-state index contributed by atoms with van der Waals surface area (Å²) < 4.78 is 5.16. The number of allylic oxidation sites excluding steroid dienone is 1. The summed E-state index contributed by atoms with van der Waals surface area (Å²) in [6, 6.07) is 17.1. The number of hydrogen-bond acceptors (Lipinski definition) is 5. The molecule has 0 aliphatic carbocycles. The molecule has 124 valence electrons. The first-order valence-corrected chi connectivity index (χ1v) is 8.68. The van der Waals surface area contributed by atoms with Gasteiger partial charge in [0.1, 0.15) is 22.4 Å². The minimum absolute atomic E-state index is 0.463. The number of rotatable bonds is 5. The summed E-state index contributed by atoms with van der Waals surface area (Å²) in [5.41, 5.74) is 3.08. The number of hydrogen-bond donors (Lipinski definition) is 1. The van der Waals surface area contributed by atoms with Crippen molar-refractivity contribution in [3.05, 3.63) is 70.1 Å². The van der Waals surface area contributed by atoms with Crippen molar-refractivity contribution in [3.8, 4) is 23.1 Å². The van der Waals surface area contributed by atoms with Gasteiger partial charge in [0.15, 0.2) is 0 Å². The van der Waals surface area contributed by atoms with Crippen molar-refractivity contribution in [2.24, 2.45) is 0 Å². The molecule has 0 aliphatic rings. The van der Waals surface area contributed by atoms with Crippen molar-refractivity contribution in [2.45, 2.75) is 0 Å². The van der Waals surface area contributed by atoms with Gasteiger partial charge in [-0.05, 0) is 42.5 Å². The normalized spacial score (nSPS) is 11.0. The zero-order valence-electron chi connectivity index (χ0n) is 13.4. The van der Waals surface area contributed by atoms with Crippen LogP contribution in [0.4, 0.5) is 5.69 Å². The Bertz CT molecular complexity index is 942. The molecule has 0 amide bonds. The first-order chi connectivity index (χ1) is 12.2. The summed E-state index contributed by atoms with van der Waals surface area (Å²) in [4.78, 5) is 4.56. The number of nitrogens with one attached hydrogen (secondary N) is 1. The predicted molar refractivity (Wildman–Crippen MR) is 103 cm³/mol. The summed E-state index contributed by atoms with van der Waals surface area (Å²) in [6.45, 7) is 0. The molecule has 3 rings (SSSR count). The topological polar surface area (TPSA) is 57.9 Å². The van der Waals surface area contributed by atoms with Crippen molar-refractivity contribution in [2.75, 3.05) is 12.4 Å². The van der Waals surface area contributed by atoms with E-state index in [1.54, 1.807) is 25.4 Å². The Hall–Kier alpha value is -2.81. The second kappa shape index (κ2) is 7.84. The Labute approximate surface area is 155 Å². The van der Waals surface area contributed by atoms with Crippen molar-refractivity contribution >= 4 is 34.2 Å². The van der Waals surface area contributed by atoms with Crippen molar-refractivity contribution in [3.63, 3.8) is 0 Å². The van der Waals surface area contributed by atoms with Crippen molar-refractivity contribution in [1.29, 1.82) is 5.26 Å². The maximum Gasteiger partial charge on any atom is 0.136 e. The molecule has 0 atom stereocenters. The van der Waals surface area contributed by atoms with Gasteiger partial charge in [0, 0.05) is 27.9 Å². The Balaban J connectivity index is 1.81. The molecule has 0 bridgehead atoms. The number of anilines is 1. The van der Waals surface area contributed by atoms with Gasteiger partial charge in [-0.3, -0.25) is 0 Å². The zero-order valence-corrected chi connectivity index (χ0v) is 14.9. The number of nitrogens with zero attached hydrogens (tertiary/aromatic N) is 2. The number of ether oxygens (including phenoxy) is 1. The van der Waals surface area contributed by atoms with Gasteiger partial charge < -0.3 is 10.1 Å². The smallest absolute Gasteiger partial charge is 0.136 e. The Morgan fingerprint density at radius 1 is 1.28 bits per heavy atom. The molecule has 1 N–H and O–H groups in total. The Morgan fingerprint density at radius 3 is 2.76 bits per heavy atom. The van der Waals surface area contributed by atoms with Crippen LogP contribution in [0.2, 0.25) is 5.02 Å². The average molecular weight is 368 g/mol. The lowest BCUT2D eigenvalue weighted by molar-refractivity contribution is 0.415. The van der Waals surface area contributed by atoms with E-state index in [-0.39, 0.29) is 0 Å². The number of nitriles is 1. The van der Waals surface area contributed by atoms with Crippen LogP contribution in [0.15, 0.2) is 60.1 Å². The van der Waals surface area contributed by atoms with Crippen LogP contribution < -0.4 is 10.1 Å². The third kappa shape index (κ3) is 4.18. The molecule has 1 aromatic heterocycles. The molecule has 3 aromatic rings. The second-order valence-electron chi connectivity index (χ2n) is 5.09. The largest absolute Gasteiger partial charge is 0.497 e. The van der Waals surface area contributed by atoms with Gasteiger partial charge in [0.05, 0.1) is 12.8 Å². The Kier molecular flexibility index (Phi) is 5.34. The second-order valence-corrected chi connectivity index (χ2v) is 6.39. The van der Waals surface area contributed by atoms with Crippen LogP contribution in [0.5, 0.6) is 5.75 Å². The third-order valence-electron chi connectivity index (χ3n) is 3.45. The van der Waals surface area contributed by atoms with Crippen LogP contribution in [-0.4, -0.2) is 12.1 Å². The third-order valence-corrected chi connectivity index (χ3v) is 4.56. The van der Waals surface area contributed by atoms with Crippen LogP contribution in [0.25, 0.3) is 16.8 Å². The van der Waals surface area contributed by atoms with Gasteiger partial charge in [0.25, 0.3) is 0 Å². The fraction of sp³-hybridized carbons (Fsp3) is 0.0526. The molecule has 6 heteroatoms. The SMILES string of the molecule is COc1ccc(-c2csc(/C(C#N)=C\Nc3cccc(Cl)c3)n2)cc1. The summed E-state index contributed by atoms with van der Waals surface area (Å²) >= 11 is 7.38. The monoisotopic (exact) mass is 367 g/mol. The van der Waals surface area contributed by atoms with E-state index in [2.05, 4.69) is 16.4 Å². The van der Waals surface area contributed by atoms with Crippen molar-refractivity contribution < 1.29 is 4.74 Å². The summed E-state index contributed by atoms with van der Waals surface area (Å²) in [7, 11) is 1.63. The maximum absolute atomic E-state index is 9.43. The highest BCUT2D eigenvalue weighted by Crippen LogP contribution is 2.27. The molecule has 1 heterocycles. The van der Waals surface area contributed by atoms with Gasteiger partial charge in [-0.2, -0.15) is 5.26 Å². The van der Waals surface area contributed by atoms with E-state index in [0.29, 0.717) is 15.6 Å². The fourth-order valence-corrected chi connectivity index (χ4v) is 3.15. The average Bonchev–Trinajstić information content (AvgIpc) is 3.12. The number of benzene rings is 2. The molecular formula is C19H14ClN3OS. The molecule has 4 nitrogen and oxygen atoms in total. The number of aromatic nitrogens is 1. The van der Waals surface area contributed by atoms with Gasteiger partial charge in [0.2, 0.25) is 0 Å². The lowest BCUT2D eigenvalue weighted by Gasteiger charge is -2.02. The van der Waals surface area contributed by atoms with Crippen LogP contribution in [0.1, 0.15) is 5.01 Å². The minimum Gasteiger partial charge on any atom is -0.497 e. The van der Waals surface area contributed by atoms with E-state index >= 15 is 0 Å². The molecular weight excluding hydrogens is 354 g/mol. The molecule has 0 unspecified atom stereocenters. The van der Waals surface area contributed by atoms with Crippen LogP contribution in [0, 0.1) is 11.3 Å². The molecule has 0 fully saturated rings. The van der Waals surface area contributed by atoms with Crippen LogP contribution in [-0.2, 0) is 0 Å². The predicted octanol–water partition coefficient (Wildman–Crippen LogP) is 5.45. The van der Waals surface area contributed by atoms with E-state index in [1.165, 1.54) is 11.3 Å². The molecule has 2 aromatic carbocycles. The highest BCUT2D eigenvalue weighted by atomic mass is 35.5. The van der Waals surface area contributed by atoms with Crippen LogP contribution in [0.3, 0.4) is 0 Å². The molecule has 0 spiro atoms. The molecule has 0 saturated heterocycles. The number of halogens is 1. The Morgan fingerprint density at radius 2 is 2.08 bits per heavy atom. The lowest BCUT2D eigenvalue weighted by Crippen LogP contribution is -1.91. The first kappa shape index (κ1) is 17.0. The van der Waals surface area contributed by atoms with Crippen LogP contribution >= 0.6 is 22.9 Å². The lowest BCUT2D eigenvalue weighted by atomic mass is 10.2. The number of methoxy groups -OCH3 is 1. The van der Waals surface area contributed by atoms with Gasteiger partial charge >= 0.3 is 0 Å². The van der Waals surface area contributed by atoms with E-state index < -0.39 is 0 Å². The van der Waals surface area contributed by atoms with Crippen molar-refractivity contribution in [1.82, 2.24) is 4.98 Å².